The smallest absolute Gasteiger partial charge is 0.381 e. The summed E-state index contributed by atoms with van der Waals surface area (Å²) < 4.78 is 41.9. The van der Waals surface area contributed by atoms with E-state index in [0.717, 1.165) is 6.92 Å². The molecule has 0 saturated carbocycles. The Bertz CT molecular complexity index is 525. The summed E-state index contributed by atoms with van der Waals surface area (Å²) in [6.07, 6.45) is -0.404. The molecule has 6 nitrogen and oxygen atoms in total. The van der Waals surface area contributed by atoms with Crippen molar-refractivity contribution < 1.29 is 37.4 Å². The topological polar surface area (TPSA) is 78.9 Å². The zero-order chi connectivity index (χ0) is 17.3. The first-order valence-electron chi connectivity index (χ1n) is 6.46. The second kappa shape index (κ2) is 5.66. The van der Waals surface area contributed by atoms with Gasteiger partial charge in [0.1, 0.15) is 5.60 Å². The van der Waals surface area contributed by atoms with Crippen molar-refractivity contribution in [2.24, 2.45) is 0 Å². The molecule has 1 heterocycles. The maximum Gasteiger partial charge on any atom is 0.381 e. The second-order valence-corrected chi connectivity index (χ2v) is 5.96. The van der Waals surface area contributed by atoms with Gasteiger partial charge in [0.2, 0.25) is 0 Å². The summed E-state index contributed by atoms with van der Waals surface area (Å²) in [5, 5.41) is 0. The average molecular weight is 320 g/mol. The normalized spacial score (nSPS) is 25.8. The van der Waals surface area contributed by atoms with Crippen LogP contribution < -0.4 is 0 Å². The lowest BCUT2D eigenvalue weighted by atomic mass is 9.82. The SMILES string of the molecule is C=C(C)C(=O)OCC(=O)OC1(C)CC(C)(C)OC(=O)C1(F)F. The van der Waals surface area contributed by atoms with Crippen LogP contribution >= 0.6 is 0 Å². The van der Waals surface area contributed by atoms with E-state index in [0.29, 0.717) is 0 Å². The van der Waals surface area contributed by atoms with Crippen LogP contribution in [0, 0.1) is 0 Å². The summed E-state index contributed by atoms with van der Waals surface area (Å²) >= 11 is 0. The molecule has 124 valence electrons. The van der Waals surface area contributed by atoms with Crippen LogP contribution in [-0.2, 0) is 28.6 Å². The molecule has 8 heteroatoms. The molecule has 0 amide bonds. The van der Waals surface area contributed by atoms with Crippen molar-refractivity contribution in [2.75, 3.05) is 6.61 Å². The third-order valence-electron chi connectivity index (χ3n) is 3.06. The van der Waals surface area contributed by atoms with Gasteiger partial charge >= 0.3 is 23.8 Å². The quantitative estimate of drug-likeness (QED) is 0.446. The van der Waals surface area contributed by atoms with Crippen molar-refractivity contribution in [3.63, 3.8) is 0 Å². The Balaban J connectivity index is 2.83. The van der Waals surface area contributed by atoms with E-state index in [1.165, 1.54) is 20.8 Å². The summed E-state index contributed by atoms with van der Waals surface area (Å²) in [4.78, 5) is 34.2. The highest BCUT2D eigenvalue weighted by Crippen LogP contribution is 2.45. The van der Waals surface area contributed by atoms with Crippen LogP contribution in [-0.4, -0.2) is 41.6 Å². The van der Waals surface area contributed by atoms with E-state index in [-0.39, 0.29) is 5.57 Å². The van der Waals surface area contributed by atoms with Gasteiger partial charge < -0.3 is 14.2 Å². The maximum atomic E-state index is 14.0. The fourth-order valence-corrected chi connectivity index (χ4v) is 2.12. The molecule has 0 aromatic heterocycles. The Morgan fingerprint density at radius 3 is 2.36 bits per heavy atom. The molecule has 1 saturated heterocycles. The number of esters is 3. The number of cyclic esters (lactones) is 1. The minimum absolute atomic E-state index is 0.0479. The van der Waals surface area contributed by atoms with Crippen LogP contribution in [0.25, 0.3) is 0 Å². The largest absolute Gasteiger partial charge is 0.455 e. The molecule has 1 rings (SSSR count). The Morgan fingerprint density at radius 2 is 1.86 bits per heavy atom. The molecule has 0 aliphatic carbocycles. The van der Waals surface area contributed by atoms with Gasteiger partial charge in [-0.1, -0.05) is 6.58 Å². The van der Waals surface area contributed by atoms with E-state index < -0.39 is 48.1 Å². The Morgan fingerprint density at radius 1 is 1.32 bits per heavy atom. The fraction of sp³-hybridized carbons (Fsp3) is 0.643. The van der Waals surface area contributed by atoms with Crippen LogP contribution in [0.4, 0.5) is 8.78 Å². The van der Waals surface area contributed by atoms with Gasteiger partial charge in [-0.05, 0) is 27.7 Å². The van der Waals surface area contributed by atoms with Crippen molar-refractivity contribution in [3.8, 4) is 0 Å². The first-order valence-corrected chi connectivity index (χ1v) is 6.46. The molecule has 1 aliphatic heterocycles. The van der Waals surface area contributed by atoms with Crippen LogP contribution in [0.5, 0.6) is 0 Å². The molecule has 1 unspecified atom stereocenters. The van der Waals surface area contributed by atoms with Crippen LogP contribution in [0.15, 0.2) is 12.2 Å². The summed E-state index contributed by atoms with van der Waals surface area (Å²) in [5.41, 5.74) is -3.56. The zero-order valence-electron chi connectivity index (χ0n) is 12.8. The minimum atomic E-state index is -4.00. The van der Waals surface area contributed by atoms with Gasteiger partial charge in [-0.25, -0.2) is 14.4 Å². The zero-order valence-corrected chi connectivity index (χ0v) is 12.8. The van der Waals surface area contributed by atoms with Gasteiger partial charge in [0.05, 0.1) is 0 Å². The number of halogens is 2. The highest BCUT2D eigenvalue weighted by molar-refractivity contribution is 5.88. The molecule has 0 spiro atoms. The number of hydrogen-bond donors (Lipinski definition) is 0. The van der Waals surface area contributed by atoms with Crippen LogP contribution in [0.2, 0.25) is 0 Å². The number of carbonyl (C=O) groups excluding carboxylic acids is 3. The van der Waals surface area contributed by atoms with E-state index in [4.69, 9.17) is 4.74 Å². The lowest BCUT2D eigenvalue weighted by Crippen LogP contribution is -2.63. The van der Waals surface area contributed by atoms with Gasteiger partial charge in [-0.2, -0.15) is 8.78 Å². The predicted octanol–water partition coefficient (Wildman–Crippen LogP) is 1.77. The van der Waals surface area contributed by atoms with Crippen LogP contribution in [0.1, 0.15) is 34.1 Å². The Labute approximate surface area is 126 Å². The first kappa shape index (κ1) is 18.1. The number of rotatable bonds is 4. The molecule has 0 bridgehead atoms. The summed E-state index contributed by atoms with van der Waals surface area (Å²) in [5.74, 6) is -7.81. The highest BCUT2D eigenvalue weighted by Gasteiger charge is 2.66. The third kappa shape index (κ3) is 3.61. The van der Waals surface area contributed by atoms with E-state index in [2.05, 4.69) is 16.1 Å². The molecule has 0 N–H and O–H groups in total. The third-order valence-corrected chi connectivity index (χ3v) is 3.06. The molecule has 0 aromatic carbocycles. The Kier molecular flexibility index (Phi) is 4.65. The van der Waals surface area contributed by atoms with Gasteiger partial charge in [-0.15, -0.1) is 0 Å². The summed E-state index contributed by atoms with van der Waals surface area (Å²) in [7, 11) is 0. The average Bonchev–Trinajstić information content (AvgIpc) is 2.32. The molecular weight excluding hydrogens is 302 g/mol. The standard InChI is InChI=1S/C14H18F2O6/c1-8(2)10(18)20-6-9(17)21-13(5)7-12(3,4)22-11(19)14(13,15)16/h1,6-7H2,2-5H3. The molecule has 0 aromatic rings. The lowest BCUT2D eigenvalue weighted by Gasteiger charge is -2.45. The van der Waals surface area contributed by atoms with Gasteiger partial charge in [0.25, 0.3) is 0 Å². The number of hydrogen-bond acceptors (Lipinski definition) is 6. The maximum absolute atomic E-state index is 14.0. The lowest BCUT2D eigenvalue weighted by molar-refractivity contribution is -0.262. The van der Waals surface area contributed by atoms with E-state index in [9.17, 15) is 23.2 Å². The highest BCUT2D eigenvalue weighted by atomic mass is 19.3. The first-order chi connectivity index (χ1) is 9.81. The second-order valence-electron chi connectivity index (χ2n) is 5.96. The van der Waals surface area contributed by atoms with Gasteiger partial charge in [-0.3, -0.25) is 0 Å². The molecule has 1 atom stereocenters. The van der Waals surface area contributed by atoms with Crippen molar-refractivity contribution in [1.82, 2.24) is 0 Å². The molecule has 1 fully saturated rings. The fourth-order valence-electron chi connectivity index (χ4n) is 2.12. The summed E-state index contributed by atoms with van der Waals surface area (Å²) in [6, 6.07) is 0. The number of carbonyl (C=O) groups is 3. The molecule has 1 aliphatic rings. The van der Waals surface area contributed by atoms with Crippen molar-refractivity contribution in [3.05, 3.63) is 12.2 Å². The monoisotopic (exact) mass is 320 g/mol. The molecule has 0 radical (unpaired) electrons. The van der Waals surface area contributed by atoms with E-state index in [1.807, 2.05) is 0 Å². The predicted molar refractivity (Wildman–Crippen MR) is 70.0 cm³/mol. The van der Waals surface area contributed by atoms with E-state index >= 15 is 0 Å². The van der Waals surface area contributed by atoms with Crippen molar-refractivity contribution >= 4 is 17.9 Å². The number of ether oxygens (including phenoxy) is 3. The van der Waals surface area contributed by atoms with Gasteiger partial charge in [0.15, 0.2) is 12.2 Å². The number of alkyl halides is 2. The molecular formula is C14H18F2O6. The summed E-state index contributed by atoms with van der Waals surface area (Å²) in [6.45, 7) is 7.60. The van der Waals surface area contributed by atoms with Crippen molar-refractivity contribution in [2.45, 2.75) is 51.2 Å². The van der Waals surface area contributed by atoms with E-state index in [1.54, 1.807) is 0 Å². The molecule has 22 heavy (non-hydrogen) atoms. The minimum Gasteiger partial charge on any atom is -0.455 e. The Hall–Kier alpha value is -1.99. The van der Waals surface area contributed by atoms with Crippen molar-refractivity contribution in [1.29, 1.82) is 0 Å². The van der Waals surface area contributed by atoms with Gasteiger partial charge in [0, 0.05) is 12.0 Å². The van der Waals surface area contributed by atoms with Crippen LogP contribution in [0.3, 0.4) is 0 Å².